The lowest BCUT2D eigenvalue weighted by Crippen LogP contribution is -2.44. The molecule has 0 spiro atoms. The number of rotatable bonds is 10. The third-order valence-electron chi connectivity index (χ3n) is 3.38. The summed E-state index contributed by atoms with van der Waals surface area (Å²) in [7, 11) is 0.809. The van der Waals surface area contributed by atoms with E-state index in [-0.39, 0.29) is 11.8 Å². The molecule has 0 aromatic rings. The van der Waals surface area contributed by atoms with E-state index >= 15 is 0 Å². The number of hydrogen-bond donors (Lipinski definition) is 1. The molecule has 0 saturated heterocycles. The molecule has 0 bridgehead atoms. The lowest BCUT2D eigenvalue weighted by atomic mass is 10.3. The van der Waals surface area contributed by atoms with Crippen molar-refractivity contribution in [1.29, 1.82) is 0 Å². The van der Waals surface area contributed by atoms with Gasteiger partial charge in [-0.25, -0.2) is 8.42 Å². The summed E-state index contributed by atoms with van der Waals surface area (Å²) in [5, 5.41) is 3.36. The highest BCUT2D eigenvalue weighted by Crippen LogP contribution is 2.18. The molecular weight excluding hydrogens is 262 g/mol. The zero-order valence-corrected chi connectivity index (χ0v) is 13.5. The van der Waals surface area contributed by atoms with Crippen LogP contribution in [-0.4, -0.2) is 69.2 Å². The highest BCUT2D eigenvalue weighted by molar-refractivity contribution is 7.89. The summed E-state index contributed by atoms with van der Waals surface area (Å²) in [6.45, 7) is 6.00. The first-order valence-electron chi connectivity index (χ1n) is 7.24. The molecule has 0 amide bonds. The quantitative estimate of drug-likeness (QED) is 0.603. The van der Waals surface area contributed by atoms with E-state index in [0.29, 0.717) is 19.0 Å². The molecule has 19 heavy (non-hydrogen) atoms. The number of nitrogens with one attached hydrogen (secondary N) is 1. The molecule has 0 aromatic heterocycles. The molecule has 6 heteroatoms. The van der Waals surface area contributed by atoms with E-state index in [4.69, 9.17) is 0 Å². The summed E-state index contributed by atoms with van der Waals surface area (Å²) in [6, 6.07) is 0.680. The third kappa shape index (κ3) is 6.21. The van der Waals surface area contributed by atoms with Crippen molar-refractivity contribution in [2.75, 3.05) is 39.5 Å². The maximum absolute atomic E-state index is 12.3. The van der Waals surface area contributed by atoms with Crippen LogP contribution < -0.4 is 5.32 Å². The van der Waals surface area contributed by atoms with Crippen LogP contribution in [0.15, 0.2) is 0 Å². The second-order valence-electron chi connectivity index (χ2n) is 5.71. The van der Waals surface area contributed by atoms with E-state index in [1.165, 1.54) is 12.8 Å². The van der Waals surface area contributed by atoms with Crippen LogP contribution in [0.2, 0.25) is 0 Å². The molecule has 1 rings (SSSR count). The van der Waals surface area contributed by atoms with Crippen molar-refractivity contribution in [2.45, 2.75) is 45.2 Å². The van der Waals surface area contributed by atoms with Gasteiger partial charge in [-0.15, -0.1) is 0 Å². The minimum absolute atomic E-state index is 0.0291. The Kier molecular flexibility index (Phi) is 6.73. The first-order chi connectivity index (χ1) is 8.86. The van der Waals surface area contributed by atoms with Crippen molar-refractivity contribution in [2.24, 2.45) is 0 Å². The van der Waals surface area contributed by atoms with Crippen LogP contribution in [0.4, 0.5) is 0 Å². The van der Waals surface area contributed by atoms with Crippen LogP contribution >= 0.6 is 0 Å². The lowest BCUT2D eigenvalue weighted by Gasteiger charge is -2.29. The highest BCUT2D eigenvalue weighted by Gasteiger charge is 2.26. The predicted octanol–water partition coefficient (Wildman–Crippen LogP) is 0.730. The SMILES string of the molecule is CCN(C(C)CN(C)C)S(=O)(=O)CCCNC1CC1. The standard InChI is InChI=1S/C13H29N3O2S/c1-5-16(12(2)11-15(3)4)19(17,18)10-6-9-14-13-7-8-13/h12-14H,5-11H2,1-4H3. The van der Waals surface area contributed by atoms with Gasteiger partial charge in [0.05, 0.1) is 5.75 Å². The van der Waals surface area contributed by atoms with Gasteiger partial charge in [0.1, 0.15) is 0 Å². The van der Waals surface area contributed by atoms with Crippen molar-refractivity contribution in [3.05, 3.63) is 0 Å². The number of likely N-dealkylation sites (N-methyl/N-ethyl adjacent to an activating group) is 2. The molecule has 0 heterocycles. The zero-order chi connectivity index (χ0) is 14.5. The van der Waals surface area contributed by atoms with Crippen LogP contribution in [0.1, 0.15) is 33.1 Å². The summed E-state index contributed by atoms with van der Waals surface area (Å²) in [4.78, 5) is 2.03. The molecule has 0 aliphatic heterocycles. The fraction of sp³-hybridized carbons (Fsp3) is 1.00. The topological polar surface area (TPSA) is 52.7 Å². The van der Waals surface area contributed by atoms with Gasteiger partial charge in [-0.2, -0.15) is 4.31 Å². The fourth-order valence-corrected chi connectivity index (χ4v) is 4.12. The Morgan fingerprint density at radius 1 is 1.32 bits per heavy atom. The first-order valence-corrected chi connectivity index (χ1v) is 8.85. The van der Waals surface area contributed by atoms with Gasteiger partial charge < -0.3 is 10.2 Å². The Hall–Kier alpha value is -0.170. The smallest absolute Gasteiger partial charge is 0.214 e. The molecule has 114 valence electrons. The molecular formula is C13H29N3O2S. The Labute approximate surface area is 118 Å². The van der Waals surface area contributed by atoms with Crippen LogP contribution in [0.3, 0.4) is 0 Å². The second-order valence-corrected chi connectivity index (χ2v) is 7.75. The average molecular weight is 291 g/mol. The Morgan fingerprint density at radius 3 is 2.42 bits per heavy atom. The van der Waals surface area contributed by atoms with E-state index in [0.717, 1.165) is 13.1 Å². The molecule has 1 atom stereocenters. The van der Waals surface area contributed by atoms with E-state index < -0.39 is 10.0 Å². The van der Waals surface area contributed by atoms with E-state index in [9.17, 15) is 8.42 Å². The fourth-order valence-electron chi connectivity index (χ4n) is 2.37. The maximum Gasteiger partial charge on any atom is 0.214 e. The van der Waals surface area contributed by atoms with Crippen LogP contribution in [0.25, 0.3) is 0 Å². The van der Waals surface area contributed by atoms with Crippen LogP contribution in [0.5, 0.6) is 0 Å². The largest absolute Gasteiger partial charge is 0.314 e. The summed E-state index contributed by atoms with van der Waals surface area (Å²) in [5.41, 5.74) is 0. The Balaban J connectivity index is 2.41. The normalized spacial score (nSPS) is 18.2. The van der Waals surface area contributed by atoms with Crippen molar-refractivity contribution in [3.8, 4) is 0 Å². The summed E-state index contributed by atoms with van der Waals surface area (Å²) in [6.07, 6.45) is 3.19. The Bertz CT molecular complexity index is 353. The molecule has 0 aromatic carbocycles. The van der Waals surface area contributed by atoms with Crippen molar-refractivity contribution in [3.63, 3.8) is 0 Å². The van der Waals surface area contributed by atoms with Crippen LogP contribution in [0, 0.1) is 0 Å². The average Bonchev–Trinajstić information content (AvgIpc) is 3.07. The van der Waals surface area contributed by atoms with Crippen molar-refractivity contribution < 1.29 is 8.42 Å². The van der Waals surface area contributed by atoms with Gasteiger partial charge in [0.15, 0.2) is 0 Å². The molecule has 1 N–H and O–H groups in total. The molecule has 1 unspecified atom stereocenters. The van der Waals surface area contributed by atoms with Gasteiger partial charge in [0.25, 0.3) is 0 Å². The van der Waals surface area contributed by atoms with E-state index in [1.54, 1.807) is 4.31 Å². The number of sulfonamides is 1. The highest BCUT2D eigenvalue weighted by atomic mass is 32.2. The number of hydrogen-bond acceptors (Lipinski definition) is 4. The molecule has 0 radical (unpaired) electrons. The van der Waals surface area contributed by atoms with Gasteiger partial charge >= 0.3 is 0 Å². The molecule has 1 aliphatic rings. The second kappa shape index (κ2) is 7.57. The van der Waals surface area contributed by atoms with Gasteiger partial charge in [-0.1, -0.05) is 6.92 Å². The van der Waals surface area contributed by atoms with Gasteiger partial charge in [0.2, 0.25) is 10.0 Å². The van der Waals surface area contributed by atoms with Gasteiger partial charge in [-0.05, 0) is 46.8 Å². The first kappa shape index (κ1) is 16.9. The summed E-state index contributed by atoms with van der Waals surface area (Å²) >= 11 is 0. The van der Waals surface area contributed by atoms with Gasteiger partial charge in [0, 0.05) is 25.2 Å². The summed E-state index contributed by atoms with van der Waals surface area (Å²) < 4.78 is 26.3. The Morgan fingerprint density at radius 2 is 1.95 bits per heavy atom. The minimum atomic E-state index is -3.13. The van der Waals surface area contributed by atoms with Crippen molar-refractivity contribution in [1.82, 2.24) is 14.5 Å². The third-order valence-corrected chi connectivity index (χ3v) is 5.52. The zero-order valence-electron chi connectivity index (χ0n) is 12.7. The maximum atomic E-state index is 12.3. The van der Waals surface area contributed by atoms with E-state index in [1.807, 2.05) is 32.8 Å². The van der Waals surface area contributed by atoms with E-state index in [2.05, 4.69) is 5.32 Å². The lowest BCUT2D eigenvalue weighted by molar-refractivity contribution is 0.271. The van der Waals surface area contributed by atoms with Crippen molar-refractivity contribution >= 4 is 10.0 Å². The molecule has 1 saturated carbocycles. The predicted molar refractivity (Wildman–Crippen MR) is 79.8 cm³/mol. The molecule has 1 fully saturated rings. The number of nitrogens with zero attached hydrogens (tertiary/aromatic N) is 2. The summed E-state index contributed by atoms with van der Waals surface area (Å²) in [5.74, 6) is 0.248. The van der Waals surface area contributed by atoms with Gasteiger partial charge in [-0.3, -0.25) is 0 Å². The van der Waals surface area contributed by atoms with Crippen LogP contribution in [-0.2, 0) is 10.0 Å². The minimum Gasteiger partial charge on any atom is -0.314 e. The molecule has 1 aliphatic carbocycles. The monoisotopic (exact) mass is 291 g/mol. The molecule has 5 nitrogen and oxygen atoms in total.